The molecule has 0 aromatic heterocycles. The fraction of sp³-hybridized carbons (Fsp3) is 0.300. The van der Waals surface area contributed by atoms with Gasteiger partial charge < -0.3 is 5.32 Å². The fourth-order valence-corrected chi connectivity index (χ4v) is 2.50. The summed E-state index contributed by atoms with van der Waals surface area (Å²) >= 11 is 0. The molecule has 0 saturated heterocycles. The van der Waals surface area contributed by atoms with Crippen molar-refractivity contribution in [3.63, 3.8) is 0 Å². The number of carbonyl (C=O) groups is 2. The first-order chi connectivity index (χ1) is 10.9. The number of amides is 1. The minimum absolute atomic E-state index is 0.0160. The van der Waals surface area contributed by atoms with E-state index in [1.165, 1.54) is 0 Å². The molecule has 0 spiro atoms. The zero-order valence-corrected chi connectivity index (χ0v) is 14.2. The van der Waals surface area contributed by atoms with Gasteiger partial charge in [0.2, 0.25) is 5.91 Å². The van der Waals surface area contributed by atoms with Crippen LogP contribution >= 0.6 is 0 Å². The van der Waals surface area contributed by atoms with Crippen molar-refractivity contribution in [1.29, 1.82) is 0 Å². The Morgan fingerprint density at radius 2 is 1.65 bits per heavy atom. The molecule has 0 unspecified atom stereocenters. The predicted molar refractivity (Wildman–Crippen MR) is 94.0 cm³/mol. The Labute approximate surface area is 137 Å². The molecule has 0 aliphatic heterocycles. The molecule has 2 aromatic carbocycles. The van der Waals surface area contributed by atoms with E-state index in [0.717, 1.165) is 27.9 Å². The lowest BCUT2D eigenvalue weighted by molar-refractivity contribution is -0.116. The number of carbonyl (C=O) groups excluding carboxylic acids is 2. The summed E-state index contributed by atoms with van der Waals surface area (Å²) in [6.07, 6.45) is 0.417. The maximum Gasteiger partial charge on any atom is 0.224 e. The van der Waals surface area contributed by atoms with Gasteiger partial charge in [0.15, 0.2) is 5.78 Å². The zero-order chi connectivity index (χ0) is 17.0. The van der Waals surface area contributed by atoms with Crippen LogP contribution in [-0.4, -0.2) is 11.7 Å². The number of hydrogen-bond acceptors (Lipinski definition) is 2. The summed E-state index contributed by atoms with van der Waals surface area (Å²) in [4.78, 5) is 24.4. The lowest BCUT2D eigenvalue weighted by Gasteiger charge is -2.10. The summed E-state index contributed by atoms with van der Waals surface area (Å²) in [6.45, 7) is 7.87. The molecule has 0 aliphatic rings. The quantitative estimate of drug-likeness (QED) is 0.825. The van der Waals surface area contributed by atoms with Gasteiger partial charge in [-0.25, -0.2) is 0 Å². The molecule has 0 radical (unpaired) electrons. The average molecular weight is 309 g/mol. The van der Waals surface area contributed by atoms with Gasteiger partial charge in [-0.1, -0.05) is 29.8 Å². The highest BCUT2D eigenvalue weighted by Gasteiger charge is 2.12. The third kappa shape index (κ3) is 4.28. The van der Waals surface area contributed by atoms with Crippen LogP contribution in [0.5, 0.6) is 0 Å². The van der Waals surface area contributed by atoms with Crippen LogP contribution in [0.3, 0.4) is 0 Å². The first kappa shape index (κ1) is 16.9. The SMILES string of the molecule is Cc1ccc(C)c(C(=O)CCC(=O)Nc2cccc(C)c2C)c1. The van der Waals surface area contributed by atoms with Crippen molar-refractivity contribution in [3.8, 4) is 0 Å². The van der Waals surface area contributed by atoms with Gasteiger partial charge in [0.1, 0.15) is 0 Å². The van der Waals surface area contributed by atoms with Crippen LogP contribution in [0.15, 0.2) is 36.4 Å². The number of Topliss-reactive ketones (excluding diaryl/α,β-unsaturated/α-hetero) is 1. The standard InChI is InChI=1S/C20H23NO2/c1-13-8-9-15(3)17(12-13)19(22)10-11-20(23)21-18-7-5-6-14(2)16(18)4/h5-9,12H,10-11H2,1-4H3,(H,21,23). The molecule has 0 heterocycles. The Morgan fingerprint density at radius 3 is 2.39 bits per heavy atom. The summed E-state index contributed by atoms with van der Waals surface area (Å²) in [5.41, 5.74) is 5.73. The highest BCUT2D eigenvalue weighted by atomic mass is 16.2. The molecule has 2 aromatic rings. The van der Waals surface area contributed by atoms with Crippen LogP contribution in [0.2, 0.25) is 0 Å². The van der Waals surface area contributed by atoms with E-state index >= 15 is 0 Å². The Kier molecular flexibility index (Phi) is 5.32. The Morgan fingerprint density at radius 1 is 0.913 bits per heavy atom. The van der Waals surface area contributed by atoms with E-state index < -0.39 is 0 Å². The van der Waals surface area contributed by atoms with Gasteiger partial charge in [0.05, 0.1) is 0 Å². The maximum absolute atomic E-state index is 12.3. The molecule has 120 valence electrons. The molecule has 0 aliphatic carbocycles. The van der Waals surface area contributed by atoms with Crippen molar-refractivity contribution in [2.75, 3.05) is 5.32 Å². The summed E-state index contributed by atoms with van der Waals surface area (Å²) < 4.78 is 0. The van der Waals surface area contributed by atoms with Crippen LogP contribution in [0.4, 0.5) is 5.69 Å². The lowest BCUT2D eigenvalue weighted by Crippen LogP contribution is -2.15. The first-order valence-corrected chi connectivity index (χ1v) is 7.85. The molecular weight excluding hydrogens is 286 g/mol. The van der Waals surface area contributed by atoms with Crippen molar-refractivity contribution in [2.45, 2.75) is 40.5 Å². The van der Waals surface area contributed by atoms with Gasteiger partial charge in [-0.3, -0.25) is 9.59 Å². The number of hydrogen-bond donors (Lipinski definition) is 1. The number of rotatable bonds is 5. The Balaban J connectivity index is 1.98. The number of anilines is 1. The third-order valence-corrected chi connectivity index (χ3v) is 4.15. The van der Waals surface area contributed by atoms with E-state index in [1.54, 1.807) is 0 Å². The summed E-state index contributed by atoms with van der Waals surface area (Å²) in [7, 11) is 0. The number of ketones is 1. The molecule has 0 fully saturated rings. The molecular formula is C20H23NO2. The number of nitrogens with one attached hydrogen (secondary N) is 1. The molecule has 2 rings (SSSR count). The molecule has 3 heteroatoms. The maximum atomic E-state index is 12.3. The van der Waals surface area contributed by atoms with Crippen LogP contribution in [0.25, 0.3) is 0 Å². The predicted octanol–water partition coefficient (Wildman–Crippen LogP) is 4.52. The van der Waals surface area contributed by atoms with E-state index in [4.69, 9.17) is 0 Å². The molecule has 1 N–H and O–H groups in total. The Hall–Kier alpha value is -2.42. The van der Waals surface area contributed by atoms with Gasteiger partial charge in [0.25, 0.3) is 0 Å². The van der Waals surface area contributed by atoms with Crippen molar-refractivity contribution < 1.29 is 9.59 Å². The molecule has 1 amide bonds. The first-order valence-electron chi connectivity index (χ1n) is 7.85. The van der Waals surface area contributed by atoms with Crippen molar-refractivity contribution >= 4 is 17.4 Å². The Bertz CT molecular complexity index is 747. The van der Waals surface area contributed by atoms with E-state index in [0.29, 0.717) is 5.56 Å². The number of aryl methyl sites for hydroxylation is 3. The van der Waals surface area contributed by atoms with Crippen molar-refractivity contribution in [2.24, 2.45) is 0 Å². The van der Waals surface area contributed by atoms with E-state index in [9.17, 15) is 9.59 Å². The second-order valence-corrected chi connectivity index (χ2v) is 6.04. The van der Waals surface area contributed by atoms with Crippen LogP contribution < -0.4 is 5.32 Å². The summed E-state index contributed by atoms with van der Waals surface area (Å²) in [5, 5.41) is 2.89. The van der Waals surface area contributed by atoms with Crippen LogP contribution in [0.1, 0.15) is 45.5 Å². The fourth-order valence-electron chi connectivity index (χ4n) is 2.50. The highest BCUT2D eigenvalue weighted by molar-refractivity contribution is 6.01. The normalized spacial score (nSPS) is 10.4. The molecule has 0 saturated carbocycles. The van der Waals surface area contributed by atoms with Crippen LogP contribution in [-0.2, 0) is 4.79 Å². The van der Waals surface area contributed by atoms with Gasteiger partial charge >= 0.3 is 0 Å². The van der Waals surface area contributed by atoms with E-state index in [2.05, 4.69) is 5.32 Å². The molecule has 23 heavy (non-hydrogen) atoms. The zero-order valence-electron chi connectivity index (χ0n) is 14.2. The van der Waals surface area contributed by atoms with Crippen molar-refractivity contribution in [1.82, 2.24) is 0 Å². The summed E-state index contributed by atoms with van der Waals surface area (Å²) in [5.74, 6) is -0.111. The van der Waals surface area contributed by atoms with E-state index in [-0.39, 0.29) is 24.5 Å². The second-order valence-electron chi connectivity index (χ2n) is 6.04. The third-order valence-electron chi connectivity index (χ3n) is 4.15. The smallest absolute Gasteiger partial charge is 0.224 e. The summed E-state index contributed by atoms with van der Waals surface area (Å²) in [6, 6.07) is 11.6. The lowest BCUT2D eigenvalue weighted by atomic mass is 9.99. The van der Waals surface area contributed by atoms with Gasteiger partial charge in [-0.15, -0.1) is 0 Å². The van der Waals surface area contributed by atoms with Gasteiger partial charge in [-0.2, -0.15) is 0 Å². The van der Waals surface area contributed by atoms with Crippen LogP contribution in [0, 0.1) is 27.7 Å². The van der Waals surface area contributed by atoms with Gasteiger partial charge in [0, 0.05) is 24.1 Å². The minimum Gasteiger partial charge on any atom is -0.326 e. The number of benzene rings is 2. The van der Waals surface area contributed by atoms with Gasteiger partial charge in [-0.05, 0) is 56.5 Å². The minimum atomic E-state index is -0.127. The monoisotopic (exact) mass is 309 g/mol. The van der Waals surface area contributed by atoms with E-state index in [1.807, 2.05) is 64.1 Å². The second kappa shape index (κ2) is 7.23. The molecule has 0 bridgehead atoms. The topological polar surface area (TPSA) is 46.2 Å². The molecule has 0 atom stereocenters. The average Bonchev–Trinajstić information content (AvgIpc) is 2.52. The molecule has 3 nitrogen and oxygen atoms in total. The van der Waals surface area contributed by atoms with Crippen molar-refractivity contribution in [3.05, 3.63) is 64.2 Å². The highest BCUT2D eigenvalue weighted by Crippen LogP contribution is 2.19. The largest absolute Gasteiger partial charge is 0.326 e.